The number of thioether (sulfide) groups is 2. The molecule has 1 heterocycles. The maximum atomic E-state index is 13.4. The Kier molecular flexibility index (Phi) is 6.97. The minimum absolute atomic E-state index is 0.0522. The van der Waals surface area contributed by atoms with Crippen molar-refractivity contribution in [1.82, 2.24) is 9.55 Å². The van der Waals surface area contributed by atoms with Crippen LogP contribution in [0.25, 0.3) is 16.6 Å². The third kappa shape index (κ3) is 5.12. The molecule has 0 spiro atoms. The molecule has 31 heavy (non-hydrogen) atoms. The van der Waals surface area contributed by atoms with Gasteiger partial charge in [0, 0.05) is 21.4 Å². The fourth-order valence-corrected chi connectivity index (χ4v) is 5.87. The van der Waals surface area contributed by atoms with E-state index in [1.54, 1.807) is 34.2 Å². The SMILES string of the molecule is Cc1cc(C)cc(-n2c(SCCSc3cc(Cl)ccc3Cl)nc3ccccc3c2=O)c1. The summed E-state index contributed by atoms with van der Waals surface area (Å²) in [5.74, 6) is 1.57. The van der Waals surface area contributed by atoms with Crippen LogP contribution < -0.4 is 5.56 Å². The summed E-state index contributed by atoms with van der Waals surface area (Å²) in [6, 6.07) is 19.1. The molecular weight excluding hydrogens is 467 g/mol. The predicted molar refractivity (Wildman–Crippen MR) is 135 cm³/mol. The van der Waals surface area contributed by atoms with Crippen LogP contribution in [-0.2, 0) is 0 Å². The summed E-state index contributed by atoms with van der Waals surface area (Å²) < 4.78 is 1.73. The van der Waals surface area contributed by atoms with E-state index in [1.165, 1.54) is 0 Å². The molecule has 3 aromatic carbocycles. The minimum Gasteiger partial charge on any atom is -0.268 e. The number of aryl methyl sites for hydroxylation is 2. The van der Waals surface area contributed by atoms with Gasteiger partial charge in [-0.1, -0.05) is 53.2 Å². The molecule has 0 unspecified atom stereocenters. The highest BCUT2D eigenvalue weighted by atomic mass is 35.5. The van der Waals surface area contributed by atoms with Crippen molar-refractivity contribution >= 4 is 57.6 Å². The number of halogens is 2. The lowest BCUT2D eigenvalue weighted by Gasteiger charge is -2.14. The van der Waals surface area contributed by atoms with E-state index in [0.717, 1.165) is 33.2 Å². The van der Waals surface area contributed by atoms with Crippen molar-refractivity contribution in [3.05, 3.63) is 92.2 Å². The minimum atomic E-state index is -0.0522. The summed E-state index contributed by atoms with van der Waals surface area (Å²) in [5.41, 5.74) is 3.72. The molecule has 0 aliphatic rings. The topological polar surface area (TPSA) is 34.9 Å². The molecule has 0 radical (unpaired) electrons. The molecule has 7 heteroatoms. The van der Waals surface area contributed by atoms with Gasteiger partial charge >= 0.3 is 0 Å². The molecule has 0 atom stereocenters. The Hall–Kier alpha value is -1.92. The lowest BCUT2D eigenvalue weighted by Crippen LogP contribution is -2.22. The van der Waals surface area contributed by atoms with Gasteiger partial charge in [-0.15, -0.1) is 11.8 Å². The first-order chi connectivity index (χ1) is 14.9. The van der Waals surface area contributed by atoms with Gasteiger partial charge in [0.15, 0.2) is 5.16 Å². The monoisotopic (exact) mass is 486 g/mol. The van der Waals surface area contributed by atoms with Gasteiger partial charge in [-0.05, 0) is 67.4 Å². The molecule has 0 aliphatic carbocycles. The van der Waals surface area contributed by atoms with E-state index in [9.17, 15) is 4.79 Å². The predicted octanol–water partition coefficient (Wildman–Crippen LogP) is 7.19. The van der Waals surface area contributed by atoms with Crippen molar-refractivity contribution in [2.24, 2.45) is 0 Å². The highest BCUT2D eigenvalue weighted by Crippen LogP contribution is 2.31. The maximum Gasteiger partial charge on any atom is 0.266 e. The van der Waals surface area contributed by atoms with Gasteiger partial charge in [0.25, 0.3) is 5.56 Å². The number of benzene rings is 3. The quantitative estimate of drug-likeness (QED) is 0.164. The summed E-state index contributed by atoms with van der Waals surface area (Å²) in [5, 5.41) is 2.66. The number of para-hydroxylation sites is 1. The summed E-state index contributed by atoms with van der Waals surface area (Å²) >= 11 is 15.6. The lowest BCUT2D eigenvalue weighted by molar-refractivity contribution is 0.818. The van der Waals surface area contributed by atoms with Crippen LogP contribution >= 0.6 is 46.7 Å². The molecule has 1 aromatic heterocycles. The third-order valence-electron chi connectivity index (χ3n) is 4.67. The summed E-state index contributed by atoms with van der Waals surface area (Å²) in [6.45, 7) is 4.07. The van der Waals surface area contributed by atoms with Crippen LogP contribution in [0.5, 0.6) is 0 Å². The fraction of sp³-hybridized carbons (Fsp3) is 0.167. The molecule has 0 aliphatic heterocycles. The van der Waals surface area contributed by atoms with Gasteiger partial charge in [-0.2, -0.15) is 0 Å². The molecule has 158 valence electrons. The molecule has 4 rings (SSSR count). The van der Waals surface area contributed by atoms with Crippen LogP contribution in [0.1, 0.15) is 11.1 Å². The Bertz CT molecular complexity index is 1300. The van der Waals surface area contributed by atoms with Crippen LogP contribution in [0.2, 0.25) is 10.0 Å². The van der Waals surface area contributed by atoms with Gasteiger partial charge < -0.3 is 0 Å². The largest absolute Gasteiger partial charge is 0.268 e. The Labute approximate surface area is 199 Å². The second kappa shape index (κ2) is 9.70. The van der Waals surface area contributed by atoms with Gasteiger partial charge in [0.1, 0.15) is 0 Å². The highest BCUT2D eigenvalue weighted by Gasteiger charge is 2.14. The first-order valence-corrected chi connectivity index (χ1v) is 12.5. The molecule has 0 amide bonds. The fourth-order valence-electron chi connectivity index (χ4n) is 3.39. The molecule has 0 bridgehead atoms. The van der Waals surface area contributed by atoms with E-state index >= 15 is 0 Å². The Morgan fingerprint density at radius 1 is 0.903 bits per heavy atom. The maximum absolute atomic E-state index is 13.4. The first kappa shape index (κ1) is 22.3. The third-order valence-corrected chi connectivity index (χ3v) is 7.61. The normalized spacial score (nSPS) is 11.2. The number of hydrogen-bond acceptors (Lipinski definition) is 4. The van der Waals surface area contributed by atoms with E-state index in [0.29, 0.717) is 26.1 Å². The highest BCUT2D eigenvalue weighted by molar-refractivity contribution is 8.03. The van der Waals surface area contributed by atoms with E-state index in [4.69, 9.17) is 28.2 Å². The average molecular weight is 487 g/mol. The number of rotatable bonds is 6. The first-order valence-electron chi connectivity index (χ1n) is 9.73. The van der Waals surface area contributed by atoms with Crippen LogP contribution in [-0.4, -0.2) is 21.1 Å². The van der Waals surface area contributed by atoms with Gasteiger partial charge in [-0.3, -0.25) is 9.36 Å². The van der Waals surface area contributed by atoms with Crippen molar-refractivity contribution in [2.45, 2.75) is 23.9 Å². The molecule has 0 saturated carbocycles. The zero-order valence-electron chi connectivity index (χ0n) is 17.1. The van der Waals surface area contributed by atoms with E-state index in [-0.39, 0.29) is 5.56 Å². The molecule has 0 N–H and O–H groups in total. The molecule has 0 fully saturated rings. The van der Waals surface area contributed by atoms with E-state index in [1.807, 2.05) is 62.4 Å². The van der Waals surface area contributed by atoms with E-state index < -0.39 is 0 Å². The van der Waals surface area contributed by atoms with Crippen molar-refractivity contribution < 1.29 is 0 Å². The summed E-state index contributed by atoms with van der Waals surface area (Å²) in [7, 11) is 0. The standard InChI is InChI=1S/C24H20Cl2N2OS2/c1-15-11-16(2)13-18(12-15)28-23(29)19-5-3-4-6-21(19)27-24(28)31-10-9-30-22-14-17(25)7-8-20(22)26/h3-8,11-14H,9-10H2,1-2H3. The summed E-state index contributed by atoms with van der Waals surface area (Å²) in [6.07, 6.45) is 0. The Balaban J connectivity index is 1.66. The van der Waals surface area contributed by atoms with Crippen molar-refractivity contribution in [3.63, 3.8) is 0 Å². The second-order valence-corrected chi connectivity index (χ2v) is 10.2. The molecular formula is C24H20Cl2N2OS2. The lowest BCUT2D eigenvalue weighted by atomic mass is 10.1. The van der Waals surface area contributed by atoms with E-state index in [2.05, 4.69) is 6.07 Å². The van der Waals surface area contributed by atoms with Gasteiger partial charge in [0.05, 0.1) is 21.6 Å². The average Bonchev–Trinajstić information content (AvgIpc) is 2.73. The van der Waals surface area contributed by atoms with Gasteiger partial charge in [-0.25, -0.2) is 4.98 Å². The zero-order valence-corrected chi connectivity index (χ0v) is 20.2. The Morgan fingerprint density at radius 3 is 2.39 bits per heavy atom. The smallest absolute Gasteiger partial charge is 0.266 e. The zero-order chi connectivity index (χ0) is 22.0. The summed E-state index contributed by atoms with van der Waals surface area (Å²) in [4.78, 5) is 19.2. The molecule has 0 saturated heterocycles. The Morgan fingerprint density at radius 2 is 1.61 bits per heavy atom. The van der Waals surface area contributed by atoms with Crippen LogP contribution in [0.4, 0.5) is 0 Å². The second-order valence-electron chi connectivity index (χ2n) is 7.17. The van der Waals surface area contributed by atoms with Crippen LogP contribution in [0.3, 0.4) is 0 Å². The number of aromatic nitrogens is 2. The van der Waals surface area contributed by atoms with Crippen LogP contribution in [0, 0.1) is 13.8 Å². The number of nitrogens with zero attached hydrogens (tertiary/aromatic N) is 2. The molecule has 4 aromatic rings. The van der Waals surface area contributed by atoms with Crippen LogP contribution in [0.15, 0.2) is 75.5 Å². The van der Waals surface area contributed by atoms with Crippen molar-refractivity contribution in [1.29, 1.82) is 0 Å². The number of hydrogen-bond donors (Lipinski definition) is 0. The van der Waals surface area contributed by atoms with Crippen molar-refractivity contribution in [2.75, 3.05) is 11.5 Å². The molecule has 3 nitrogen and oxygen atoms in total. The van der Waals surface area contributed by atoms with Crippen molar-refractivity contribution in [3.8, 4) is 5.69 Å². The number of fused-ring (bicyclic) bond motifs is 1. The van der Waals surface area contributed by atoms with Gasteiger partial charge in [0.2, 0.25) is 0 Å².